The number of fused-ring (bicyclic) bond motifs is 1. The summed E-state index contributed by atoms with van der Waals surface area (Å²) in [6.45, 7) is 4.09. The maximum atomic E-state index is 12.7. The number of aromatic amines is 1. The molecule has 2 fully saturated rings. The molecule has 7 nitrogen and oxygen atoms in total. The van der Waals surface area contributed by atoms with Crippen LogP contribution in [0.3, 0.4) is 0 Å². The van der Waals surface area contributed by atoms with Gasteiger partial charge in [0.1, 0.15) is 0 Å². The van der Waals surface area contributed by atoms with Crippen LogP contribution in [0.5, 0.6) is 0 Å². The molecule has 0 radical (unpaired) electrons. The molecule has 1 saturated heterocycles. The first-order chi connectivity index (χ1) is 13.2. The third kappa shape index (κ3) is 4.34. The summed E-state index contributed by atoms with van der Waals surface area (Å²) >= 11 is 0. The van der Waals surface area contributed by atoms with Gasteiger partial charge in [-0.05, 0) is 18.8 Å². The van der Waals surface area contributed by atoms with Crippen LogP contribution in [0.25, 0.3) is 0 Å². The van der Waals surface area contributed by atoms with Crippen LogP contribution in [-0.2, 0) is 22.4 Å². The molecular weight excluding hydrogens is 344 g/mol. The highest BCUT2D eigenvalue weighted by Crippen LogP contribution is 2.28. The molecule has 1 N–H and O–H groups in total. The highest BCUT2D eigenvalue weighted by atomic mass is 16.5. The Morgan fingerprint density at radius 2 is 1.85 bits per heavy atom. The number of carbonyl (C=O) groups excluding carboxylic acids is 1. The topological polar surface area (TPSA) is 78.5 Å². The lowest BCUT2D eigenvalue weighted by atomic mass is 10.0. The van der Waals surface area contributed by atoms with E-state index in [-0.39, 0.29) is 11.5 Å². The molecule has 7 heteroatoms. The van der Waals surface area contributed by atoms with E-state index in [2.05, 4.69) is 9.88 Å². The van der Waals surface area contributed by atoms with Crippen molar-refractivity contribution in [2.24, 2.45) is 5.92 Å². The number of nitrogens with one attached hydrogen (secondary N) is 1. The van der Waals surface area contributed by atoms with E-state index in [1.807, 2.05) is 4.90 Å². The van der Waals surface area contributed by atoms with Gasteiger partial charge in [0, 0.05) is 44.6 Å². The Morgan fingerprint density at radius 1 is 1.11 bits per heavy atom. The van der Waals surface area contributed by atoms with E-state index >= 15 is 0 Å². The van der Waals surface area contributed by atoms with Crippen LogP contribution in [-0.4, -0.2) is 60.2 Å². The van der Waals surface area contributed by atoms with Crippen molar-refractivity contribution in [1.29, 1.82) is 0 Å². The van der Waals surface area contributed by atoms with Gasteiger partial charge in [-0.15, -0.1) is 0 Å². The number of morpholine rings is 1. The predicted molar refractivity (Wildman–Crippen MR) is 103 cm³/mol. The number of ether oxygens (including phenoxy) is 1. The largest absolute Gasteiger partial charge is 0.378 e. The average Bonchev–Trinajstić information content (AvgIpc) is 3.12. The Kier molecular flexibility index (Phi) is 5.76. The third-order valence-corrected chi connectivity index (χ3v) is 6.24. The van der Waals surface area contributed by atoms with E-state index in [9.17, 15) is 9.59 Å². The minimum Gasteiger partial charge on any atom is -0.378 e. The molecule has 0 aromatic carbocycles. The monoisotopic (exact) mass is 374 g/mol. The van der Waals surface area contributed by atoms with Crippen molar-refractivity contribution in [3.05, 3.63) is 21.6 Å². The summed E-state index contributed by atoms with van der Waals surface area (Å²) in [7, 11) is 0. The number of aromatic nitrogens is 2. The van der Waals surface area contributed by atoms with Gasteiger partial charge in [-0.3, -0.25) is 14.6 Å². The average molecular weight is 374 g/mol. The quantitative estimate of drug-likeness (QED) is 0.864. The number of hydrogen-bond donors (Lipinski definition) is 1. The summed E-state index contributed by atoms with van der Waals surface area (Å²) in [5.41, 5.74) is 1.55. The van der Waals surface area contributed by atoms with E-state index in [0.717, 1.165) is 36.7 Å². The van der Waals surface area contributed by atoms with Gasteiger partial charge in [0.2, 0.25) is 11.9 Å². The van der Waals surface area contributed by atoms with Crippen LogP contribution in [0.1, 0.15) is 49.8 Å². The number of amides is 1. The lowest BCUT2D eigenvalue weighted by molar-refractivity contribution is -0.131. The highest BCUT2D eigenvalue weighted by molar-refractivity contribution is 5.76. The van der Waals surface area contributed by atoms with Gasteiger partial charge in [-0.1, -0.05) is 25.7 Å². The van der Waals surface area contributed by atoms with Crippen molar-refractivity contribution in [2.45, 2.75) is 51.4 Å². The van der Waals surface area contributed by atoms with Crippen molar-refractivity contribution >= 4 is 11.9 Å². The van der Waals surface area contributed by atoms with E-state index < -0.39 is 0 Å². The Morgan fingerprint density at radius 3 is 2.63 bits per heavy atom. The summed E-state index contributed by atoms with van der Waals surface area (Å²) in [6.07, 6.45) is 8.11. The minimum atomic E-state index is -0.0539. The highest BCUT2D eigenvalue weighted by Gasteiger charge is 2.24. The fourth-order valence-electron chi connectivity index (χ4n) is 4.55. The first kappa shape index (κ1) is 18.5. The maximum Gasteiger partial charge on any atom is 0.255 e. The first-order valence-corrected chi connectivity index (χ1v) is 10.4. The van der Waals surface area contributed by atoms with E-state index in [0.29, 0.717) is 51.5 Å². The molecule has 3 heterocycles. The zero-order valence-corrected chi connectivity index (χ0v) is 16.0. The molecule has 1 amide bonds. The third-order valence-electron chi connectivity index (χ3n) is 6.24. The molecule has 1 aromatic rings. The summed E-state index contributed by atoms with van der Waals surface area (Å²) in [4.78, 5) is 36.9. The molecule has 1 aromatic heterocycles. The van der Waals surface area contributed by atoms with Crippen LogP contribution >= 0.6 is 0 Å². The van der Waals surface area contributed by atoms with E-state index in [1.54, 1.807) is 0 Å². The Bertz CT molecular complexity index is 720. The molecule has 2 aliphatic heterocycles. The molecule has 3 aliphatic rings. The van der Waals surface area contributed by atoms with Crippen molar-refractivity contribution in [2.75, 3.05) is 44.3 Å². The maximum absolute atomic E-state index is 12.7. The predicted octanol–water partition coefficient (Wildman–Crippen LogP) is 1.50. The summed E-state index contributed by atoms with van der Waals surface area (Å²) in [5, 5.41) is 0. The summed E-state index contributed by atoms with van der Waals surface area (Å²) in [6, 6.07) is 0. The minimum absolute atomic E-state index is 0.0539. The van der Waals surface area contributed by atoms with Crippen LogP contribution in [0.4, 0.5) is 5.95 Å². The molecule has 1 saturated carbocycles. The fraction of sp³-hybridized carbons (Fsp3) is 0.750. The van der Waals surface area contributed by atoms with Crippen LogP contribution in [0.15, 0.2) is 4.79 Å². The lowest BCUT2D eigenvalue weighted by Gasteiger charge is -2.27. The number of nitrogens with zero attached hydrogens (tertiary/aromatic N) is 3. The van der Waals surface area contributed by atoms with Crippen molar-refractivity contribution < 1.29 is 9.53 Å². The normalized spacial score (nSPS) is 21.2. The summed E-state index contributed by atoms with van der Waals surface area (Å²) in [5.74, 6) is 1.61. The smallest absolute Gasteiger partial charge is 0.255 e. The second kappa shape index (κ2) is 8.42. The van der Waals surface area contributed by atoms with Crippen molar-refractivity contribution in [1.82, 2.24) is 14.9 Å². The standard InChI is InChI=1S/C20H30N4O3/c25-18(6-5-15-3-1-2-4-15)23-9-7-16-17(8-10-23)21-20(22-19(16)26)24-11-13-27-14-12-24/h15H,1-14H2,(H,21,22,26). The Balaban J connectivity index is 1.40. The van der Waals surface area contributed by atoms with Gasteiger partial charge in [0.05, 0.1) is 18.9 Å². The first-order valence-electron chi connectivity index (χ1n) is 10.4. The Labute approximate surface area is 160 Å². The lowest BCUT2D eigenvalue weighted by Crippen LogP contribution is -2.38. The fourth-order valence-corrected chi connectivity index (χ4v) is 4.55. The van der Waals surface area contributed by atoms with E-state index in [4.69, 9.17) is 9.72 Å². The molecule has 0 spiro atoms. The summed E-state index contributed by atoms with van der Waals surface area (Å²) < 4.78 is 5.38. The molecule has 1 aliphatic carbocycles. The van der Waals surface area contributed by atoms with Gasteiger partial charge in [0.25, 0.3) is 5.56 Å². The SMILES string of the molecule is O=C(CCC1CCCC1)N1CCc2nc(N3CCOCC3)[nH]c(=O)c2CC1. The van der Waals surface area contributed by atoms with Crippen molar-refractivity contribution in [3.8, 4) is 0 Å². The zero-order valence-electron chi connectivity index (χ0n) is 16.0. The second-order valence-corrected chi connectivity index (χ2v) is 7.98. The van der Waals surface area contributed by atoms with Gasteiger partial charge >= 0.3 is 0 Å². The van der Waals surface area contributed by atoms with Crippen LogP contribution in [0, 0.1) is 5.92 Å². The number of carbonyl (C=O) groups is 1. The van der Waals surface area contributed by atoms with E-state index in [1.165, 1.54) is 25.7 Å². The molecule has 148 valence electrons. The number of rotatable bonds is 4. The molecule has 0 bridgehead atoms. The van der Waals surface area contributed by atoms with Gasteiger partial charge < -0.3 is 14.5 Å². The second-order valence-electron chi connectivity index (χ2n) is 7.98. The number of anilines is 1. The van der Waals surface area contributed by atoms with Crippen LogP contribution in [0.2, 0.25) is 0 Å². The Hall–Kier alpha value is -1.89. The molecule has 4 rings (SSSR count). The number of hydrogen-bond acceptors (Lipinski definition) is 5. The van der Waals surface area contributed by atoms with Gasteiger partial charge in [0.15, 0.2) is 0 Å². The zero-order chi connectivity index (χ0) is 18.6. The molecular formula is C20H30N4O3. The molecule has 0 atom stereocenters. The molecule has 27 heavy (non-hydrogen) atoms. The van der Waals surface area contributed by atoms with Crippen LogP contribution < -0.4 is 10.5 Å². The van der Waals surface area contributed by atoms with Gasteiger partial charge in [-0.25, -0.2) is 4.98 Å². The molecule has 0 unspecified atom stereocenters. The number of H-pyrrole nitrogens is 1. The van der Waals surface area contributed by atoms with Gasteiger partial charge in [-0.2, -0.15) is 0 Å². The van der Waals surface area contributed by atoms with Crippen molar-refractivity contribution in [3.63, 3.8) is 0 Å².